The van der Waals surface area contributed by atoms with Gasteiger partial charge in [-0.3, -0.25) is 4.70 Å². The SMILES string of the molecule is CCCC[Si](CCCC)(CCCC)OS(C)(=O)=O.F. The van der Waals surface area contributed by atoms with Crippen LogP contribution in [-0.4, -0.2) is 23.0 Å². The molecule has 118 valence electrons. The van der Waals surface area contributed by atoms with Crippen molar-refractivity contribution in [3.05, 3.63) is 0 Å². The largest absolute Gasteiger partial charge is 0.315 e. The van der Waals surface area contributed by atoms with E-state index in [2.05, 4.69) is 20.8 Å². The predicted octanol–water partition coefficient (Wildman–Crippen LogP) is 4.46. The van der Waals surface area contributed by atoms with Gasteiger partial charge >= 0.3 is 0 Å². The van der Waals surface area contributed by atoms with Crippen molar-refractivity contribution in [2.24, 2.45) is 0 Å². The van der Waals surface area contributed by atoms with E-state index in [1.54, 1.807) is 0 Å². The monoisotopic (exact) mass is 314 g/mol. The molecule has 0 amide bonds. The van der Waals surface area contributed by atoms with Gasteiger partial charge in [-0.1, -0.05) is 59.3 Å². The van der Waals surface area contributed by atoms with E-state index < -0.39 is 18.4 Å². The van der Waals surface area contributed by atoms with E-state index in [0.29, 0.717) is 0 Å². The van der Waals surface area contributed by atoms with Crippen LogP contribution in [0.15, 0.2) is 0 Å². The quantitative estimate of drug-likeness (QED) is 0.529. The Balaban J connectivity index is 0. The fourth-order valence-electron chi connectivity index (χ4n) is 2.32. The number of hydrogen-bond donors (Lipinski definition) is 0. The lowest BCUT2D eigenvalue weighted by atomic mass is 10.4. The Bertz CT molecular complexity index is 285. The summed E-state index contributed by atoms with van der Waals surface area (Å²) in [6.45, 7) is 6.46. The molecule has 0 aromatic heterocycles. The molecule has 0 aliphatic rings. The molecular weight excluding hydrogens is 283 g/mol. The molecule has 0 aromatic rings. The van der Waals surface area contributed by atoms with Gasteiger partial charge in [0, 0.05) is 0 Å². The van der Waals surface area contributed by atoms with E-state index in [1.807, 2.05) is 0 Å². The zero-order valence-corrected chi connectivity index (χ0v) is 14.7. The lowest BCUT2D eigenvalue weighted by Crippen LogP contribution is -2.40. The average molecular weight is 315 g/mol. The van der Waals surface area contributed by atoms with Crippen LogP contribution in [0.2, 0.25) is 18.1 Å². The lowest BCUT2D eigenvalue weighted by molar-refractivity contribution is 0.472. The van der Waals surface area contributed by atoms with Crippen molar-refractivity contribution in [1.82, 2.24) is 0 Å². The van der Waals surface area contributed by atoms with E-state index in [0.717, 1.165) is 56.7 Å². The molecule has 0 heterocycles. The fraction of sp³-hybridized carbons (Fsp3) is 1.00. The Hall–Kier alpha value is 0.0569. The van der Waals surface area contributed by atoms with E-state index in [1.165, 1.54) is 6.26 Å². The number of halogens is 1. The molecule has 0 rings (SSSR count). The Morgan fingerprint density at radius 1 is 0.842 bits per heavy atom. The van der Waals surface area contributed by atoms with Crippen LogP contribution >= 0.6 is 0 Å². The van der Waals surface area contributed by atoms with E-state index in [9.17, 15) is 8.42 Å². The standard InChI is InChI=1S/C13H30O3SSi.FH/c1-5-8-11-18(12-9-6-2,13-10-7-3)16-17(4,14)15;/h5-13H2,1-4H3;1H. The van der Waals surface area contributed by atoms with Crippen molar-refractivity contribution in [2.75, 3.05) is 6.26 Å². The summed E-state index contributed by atoms with van der Waals surface area (Å²) in [4.78, 5) is 0. The first kappa shape index (κ1) is 21.4. The number of rotatable bonds is 11. The van der Waals surface area contributed by atoms with Crippen LogP contribution in [0.5, 0.6) is 0 Å². The molecule has 0 saturated carbocycles. The third-order valence-corrected chi connectivity index (χ3v) is 9.71. The Morgan fingerprint density at radius 2 is 1.16 bits per heavy atom. The first-order chi connectivity index (χ1) is 8.39. The normalized spacial score (nSPS) is 12.2. The van der Waals surface area contributed by atoms with Gasteiger partial charge in [-0.15, -0.1) is 0 Å². The summed E-state index contributed by atoms with van der Waals surface area (Å²) in [6, 6.07) is 2.99. The van der Waals surface area contributed by atoms with Crippen molar-refractivity contribution >= 4 is 18.4 Å². The van der Waals surface area contributed by atoms with Gasteiger partial charge in [-0.2, -0.15) is 0 Å². The van der Waals surface area contributed by atoms with Gasteiger partial charge in [0.25, 0.3) is 10.1 Å². The van der Waals surface area contributed by atoms with Gasteiger partial charge < -0.3 is 3.87 Å². The highest BCUT2D eigenvalue weighted by Gasteiger charge is 2.36. The van der Waals surface area contributed by atoms with Crippen LogP contribution in [0.25, 0.3) is 0 Å². The van der Waals surface area contributed by atoms with Crippen LogP contribution in [0.3, 0.4) is 0 Å². The smallest absolute Gasteiger partial charge is 0.254 e. The van der Waals surface area contributed by atoms with Crippen LogP contribution in [0.1, 0.15) is 59.3 Å². The Labute approximate surface area is 119 Å². The van der Waals surface area contributed by atoms with Gasteiger partial charge in [-0.25, -0.2) is 8.42 Å². The zero-order valence-electron chi connectivity index (χ0n) is 12.9. The van der Waals surface area contributed by atoms with Crippen molar-refractivity contribution in [3.63, 3.8) is 0 Å². The van der Waals surface area contributed by atoms with Crippen molar-refractivity contribution < 1.29 is 17.0 Å². The second-order valence-electron chi connectivity index (χ2n) is 5.28. The third kappa shape index (κ3) is 10.5. The maximum atomic E-state index is 11.5. The highest BCUT2D eigenvalue weighted by molar-refractivity contribution is 7.87. The molecule has 0 atom stereocenters. The second kappa shape index (κ2) is 10.8. The fourth-order valence-corrected chi connectivity index (χ4v) is 9.63. The Kier molecular flexibility index (Phi) is 12.1. The first-order valence-electron chi connectivity index (χ1n) is 7.29. The molecule has 0 bridgehead atoms. The van der Waals surface area contributed by atoms with Gasteiger partial charge in [-0.05, 0) is 18.1 Å². The molecule has 0 radical (unpaired) electrons. The zero-order chi connectivity index (χ0) is 14.1. The minimum atomic E-state index is -3.31. The summed E-state index contributed by atoms with van der Waals surface area (Å²) in [7, 11) is -5.39. The molecule has 0 saturated heterocycles. The van der Waals surface area contributed by atoms with Crippen LogP contribution in [0.4, 0.5) is 4.70 Å². The maximum Gasteiger partial charge on any atom is 0.254 e. The summed E-state index contributed by atoms with van der Waals surface area (Å²) < 4.78 is 28.7. The van der Waals surface area contributed by atoms with E-state index in [4.69, 9.17) is 3.87 Å². The number of unbranched alkanes of at least 4 members (excludes halogenated alkanes) is 3. The van der Waals surface area contributed by atoms with Gasteiger partial charge in [0.2, 0.25) is 8.32 Å². The van der Waals surface area contributed by atoms with E-state index in [-0.39, 0.29) is 4.70 Å². The van der Waals surface area contributed by atoms with Crippen molar-refractivity contribution in [2.45, 2.75) is 77.4 Å². The minimum absolute atomic E-state index is 0. The molecule has 0 aliphatic carbocycles. The average Bonchev–Trinajstić information content (AvgIpc) is 2.29. The lowest BCUT2D eigenvalue weighted by Gasteiger charge is -2.30. The summed E-state index contributed by atoms with van der Waals surface area (Å²) >= 11 is 0. The molecule has 3 nitrogen and oxygen atoms in total. The molecule has 0 N–H and O–H groups in total. The summed E-state index contributed by atoms with van der Waals surface area (Å²) in [5.41, 5.74) is 0. The summed E-state index contributed by atoms with van der Waals surface area (Å²) in [5.74, 6) is 0. The third-order valence-electron chi connectivity index (χ3n) is 3.29. The first-order valence-corrected chi connectivity index (χ1v) is 11.6. The van der Waals surface area contributed by atoms with Gasteiger partial charge in [0.1, 0.15) is 0 Å². The molecule has 0 unspecified atom stereocenters. The van der Waals surface area contributed by atoms with Crippen LogP contribution in [0, 0.1) is 0 Å². The molecule has 19 heavy (non-hydrogen) atoms. The molecule has 6 heteroatoms. The number of hydrogen-bond acceptors (Lipinski definition) is 3. The van der Waals surface area contributed by atoms with Crippen molar-refractivity contribution in [1.29, 1.82) is 0 Å². The Morgan fingerprint density at radius 3 is 1.37 bits per heavy atom. The molecular formula is C13H31FO3SSi. The topological polar surface area (TPSA) is 43.4 Å². The molecule has 0 spiro atoms. The predicted molar refractivity (Wildman–Crippen MR) is 83.3 cm³/mol. The summed E-state index contributed by atoms with van der Waals surface area (Å²) in [6.07, 6.45) is 7.82. The van der Waals surface area contributed by atoms with E-state index >= 15 is 0 Å². The second-order valence-corrected chi connectivity index (χ2v) is 11.2. The molecule has 0 aliphatic heterocycles. The summed E-state index contributed by atoms with van der Waals surface area (Å²) in [5, 5.41) is 0. The van der Waals surface area contributed by atoms with Gasteiger partial charge in [0.05, 0.1) is 6.26 Å². The highest BCUT2D eigenvalue weighted by Crippen LogP contribution is 2.30. The molecule has 0 aromatic carbocycles. The van der Waals surface area contributed by atoms with Crippen molar-refractivity contribution in [3.8, 4) is 0 Å². The molecule has 0 fully saturated rings. The van der Waals surface area contributed by atoms with Crippen LogP contribution < -0.4 is 0 Å². The maximum absolute atomic E-state index is 11.5. The van der Waals surface area contributed by atoms with Gasteiger partial charge in [0.15, 0.2) is 0 Å². The minimum Gasteiger partial charge on any atom is -0.315 e. The van der Waals surface area contributed by atoms with Crippen LogP contribution in [-0.2, 0) is 14.0 Å². The highest BCUT2D eigenvalue weighted by atomic mass is 32.2.